The highest BCUT2D eigenvalue weighted by Crippen LogP contribution is 2.29. The summed E-state index contributed by atoms with van der Waals surface area (Å²) in [6.07, 6.45) is 1.49. The van der Waals surface area contributed by atoms with Crippen molar-refractivity contribution < 1.29 is 9.59 Å². The zero-order valence-electron chi connectivity index (χ0n) is 12.3. The molecule has 4 nitrogen and oxygen atoms in total. The molecule has 1 aromatic carbocycles. The van der Waals surface area contributed by atoms with Crippen LogP contribution in [0.4, 0.5) is 0 Å². The van der Waals surface area contributed by atoms with E-state index in [1.807, 2.05) is 44.2 Å². The van der Waals surface area contributed by atoms with Gasteiger partial charge < -0.3 is 10.2 Å². The molecule has 0 aliphatic carbocycles. The van der Waals surface area contributed by atoms with Gasteiger partial charge >= 0.3 is 0 Å². The van der Waals surface area contributed by atoms with Crippen LogP contribution in [0.3, 0.4) is 0 Å². The first kappa shape index (κ1) is 14.6. The summed E-state index contributed by atoms with van der Waals surface area (Å²) in [6, 6.07) is 9.09. The lowest BCUT2D eigenvalue weighted by molar-refractivity contribution is -0.155. The Labute approximate surface area is 120 Å². The molecule has 0 bridgehead atoms. The fraction of sp³-hybridized carbons (Fsp3) is 0.500. The number of hydrogen-bond donors (Lipinski definition) is 1. The number of nitrogens with one attached hydrogen (secondary N) is 1. The molecule has 1 N–H and O–H groups in total. The molecule has 2 amide bonds. The van der Waals surface area contributed by atoms with Crippen LogP contribution < -0.4 is 5.32 Å². The molecular weight excluding hydrogens is 252 g/mol. The number of benzene rings is 1. The van der Waals surface area contributed by atoms with E-state index < -0.39 is 5.54 Å². The molecule has 2 rings (SSSR count). The standard InChI is InChI=1S/C16H22N2O2/c1-4-11-18-13(5-2)14(19)17-16(3,15(18)20)12-9-7-6-8-10-12/h6-10,13H,4-5,11H2,1-3H3,(H,17,19). The van der Waals surface area contributed by atoms with Crippen LogP contribution in [0.5, 0.6) is 0 Å². The van der Waals surface area contributed by atoms with Crippen molar-refractivity contribution >= 4 is 11.8 Å². The topological polar surface area (TPSA) is 49.4 Å². The van der Waals surface area contributed by atoms with E-state index in [1.54, 1.807) is 11.8 Å². The quantitative estimate of drug-likeness (QED) is 0.913. The molecule has 1 fully saturated rings. The van der Waals surface area contributed by atoms with Crippen molar-refractivity contribution in [2.24, 2.45) is 0 Å². The van der Waals surface area contributed by atoms with Crippen molar-refractivity contribution in [3.8, 4) is 0 Å². The molecule has 1 heterocycles. The largest absolute Gasteiger partial charge is 0.336 e. The van der Waals surface area contributed by atoms with Gasteiger partial charge in [0.1, 0.15) is 11.6 Å². The van der Waals surface area contributed by atoms with E-state index >= 15 is 0 Å². The SMILES string of the molecule is CCCN1C(=O)C(C)(c2ccccc2)NC(=O)C1CC. The van der Waals surface area contributed by atoms with Gasteiger partial charge in [-0.1, -0.05) is 44.2 Å². The fourth-order valence-electron chi connectivity index (χ4n) is 2.82. The third kappa shape index (κ3) is 2.30. The number of piperazine rings is 1. The van der Waals surface area contributed by atoms with Gasteiger partial charge in [0.2, 0.25) is 5.91 Å². The number of rotatable bonds is 4. The number of carbonyl (C=O) groups is 2. The fourth-order valence-corrected chi connectivity index (χ4v) is 2.82. The van der Waals surface area contributed by atoms with E-state index in [1.165, 1.54) is 0 Å². The third-order valence-corrected chi connectivity index (χ3v) is 3.94. The Bertz CT molecular complexity index is 500. The molecule has 2 atom stereocenters. The van der Waals surface area contributed by atoms with Crippen molar-refractivity contribution in [1.82, 2.24) is 10.2 Å². The van der Waals surface area contributed by atoms with E-state index in [0.717, 1.165) is 12.0 Å². The average molecular weight is 274 g/mol. The Morgan fingerprint density at radius 3 is 2.40 bits per heavy atom. The molecular formula is C16H22N2O2. The van der Waals surface area contributed by atoms with E-state index in [9.17, 15) is 9.59 Å². The summed E-state index contributed by atoms with van der Waals surface area (Å²) in [5.41, 5.74) is -0.131. The lowest BCUT2D eigenvalue weighted by Crippen LogP contribution is -2.67. The van der Waals surface area contributed by atoms with E-state index in [2.05, 4.69) is 5.32 Å². The first-order chi connectivity index (χ1) is 9.54. The Hall–Kier alpha value is -1.84. The maximum absolute atomic E-state index is 12.9. The second-order valence-corrected chi connectivity index (χ2v) is 5.40. The third-order valence-electron chi connectivity index (χ3n) is 3.94. The molecule has 20 heavy (non-hydrogen) atoms. The van der Waals surface area contributed by atoms with Crippen LogP contribution in [-0.4, -0.2) is 29.3 Å². The lowest BCUT2D eigenvalue weighted by atomic mass is 9.86. The minimum Gasteiger partial charge on any atom is -0.336 e. The van der Waals surface area contributed by atoms with Gasteiger partial charge in [-0.3, -0.25) is 9.59 Å². The average Bonchev–Trinajstić information content (AvgIpc) is 2.46. The summed E-state index contributed by atoms with van der Waals surface area (Å²) in [5.74, 6) is -0.0797. The van der Waals surface area contributed by atoms with Gasteiger partial charge in [-0.2, -0.15) is 0 Å². The zero-order chi connectivity index (χ0) is 14.8. The van der Waals surface area contributed by atoms with Crippen LogP contribution in [-0.2, 0) is 15.1 Å². The molecule has 0 saturated carbocycles. The Kier molecular flexibility index (Phi) is 4.12. The van der Waals surface area contributed by atoms with Crippen LogP contribution in [0.15, 0.2) is 30.3 Å². The molecule has 1 aliphatic rings. The van der Waals surface area contributed by atoms with Crippen molar-refractivity contribution in [1.29, 1.82) is 0 Å². The highest BCUT2D eigenvalue weighted by atomic mass is 16.2. The summed E-state index contributed by atoms with van der Waals surface area (Å²) in [6.45, 7) is 6.36. The first-order valence-corrected chi connectivity index (χ1v) is 7.23. The van der Waals surface area contributed by atoms with Gasteiger partial charge in [0, 0.05) is 6.54 Å². The molecule has 1 aromatic rings. The first-order valence-electron chi connectivity index (χ1n) is 7.23. The normalized spacial score (nSPS) is 26.6. The second-order valence-electron chi connectivity index (χ2n) is 5.40. The molecule has 0 aromatic heterocycles. The minimum atomic E-state index is -0.959. The summed E-state index contributed by atoms with van der Waals surface area (Å²) < 4.78 is 0. The van der Waals surface area contributed by atoms with Crippen LogP contribution >= 0.6 is 0 Å². The second kappa shape index (κ2) is 5.65. The van der Waals surface area contributed by atoms with Crippen LogP contribution in [0, 0.1) is 0 Å². The molecule has 4 heteroatoms. The molecule has 108 valence electrons. The van der Waals surface area contributed by atoms with E-state index in [4.69, 9.17) is 0 Å². The van der Waals surface area contributed by atoms with Crippen LogP contribution in [0.2, 0.25) is 0 Å². The lowest BCUT2D eigenvalue weighted by Gasteiger charge is -2.44. The van der Waals surface area contributed by atoms with Crippen molar-refractivity contribution in [3.05, 3.63) is 35.9 Å². The van der Waals surface area contributed by atoms with Gasteiger partial charge in [0.05, 0.1) is 0 Å². The predicted molar refractivity (Wildman–Crippen MR) is 78.0 cm³/mol. The van der Waals surface area contributed by atoms with Gasteiger partial charge in [-0.25, -0.2) is 0 Å². The Morgan fingerprint density at radius 2 is 1.85 bits per heavy atom. The van der Waals surface area contributed by atoms with Gasteiger partial charge in [-0.05, 0) is 25.3 Å². The highest BCUT2D eigenvalue weighted by Gasteiger charge is 2.47. The van der Waals surface area contributed by atoms with Gasteiger partial charge in [0.25, 0.3) is 5.91 Å². The summed E-state index contributed by atoms with van der Waals surface area (Å²) >= 11 is 0. The van der Waals surface area contributed by atoms with Crippen molar-refractivity contribution in [2.45, 2.75) is 45.2 Å². The summed E-state index contributed by atoms with van der Waals surface area (Å²) in [7, 11) is 0. The molecule has 0 spiro atoms. The Balaban J connectivity index is 2.41. The van der Waals surface area contributed by atoms with Gasteiger partial charge in [-0.15, -0.1) is 0 Å². The smallest absolute Gasteiger partial charge is 0.253 e. The molecule has 0 radical (unpaired) electrons. The number of nitrogens with zero attached hydrogens (tertiary/aromatic N) is 1. The Morgan fingerprint density at radius 1 is 1.20 bits per heavy atom. The zero-order valence-corrected chi connectivity index (χ0v) is 12.3. The molecule has 2 unspecified atom stereocenters. The highest BCUT2D eigenvalue weighted by molar-refractivity contribution is 6.00. The van der Waals surface area contributed by atoms with Crippen LogP contribution in [0.1, 0.15) is 39.2 Å². The number of hydrogen-bond acceptors (Lipinski definition) is 2. The van der Waals surface area contributed by atoms with Gasteiger partial charge in [0.15, 0.2) is 0 Å². The van der Waals surface area contributed by atoms with Crippen molar-refractivity contribution in [2.75, 3.05) is 6.54 Å². The monoisotopic (exact) mass is 274 g/mol. The predicted octanol–water partition coefficient (Wildman–Crippen LogP) is 2.05. The van der Waals surface area contributed by atoms with E-state index in [-0.39, 0.29) is 17.9 Å². The summed E-state index contributed by atoms with van der Waals surface area (Å²) in [4.78, 5) is 26.9. The van der Waals surface area contributed by atoms with E-state index in [0.29, 0.717) is 13.0 Å². The maximum atomic E-state index is 12.9. The maximum Gasteiger partial charge on any atom is 0.253 e. The molecule has 1 aliphatic heterocycles. The van der Waals surface area contributed by atoms with Crippen LogP contribution in [0.25, 0.3) is 0 Å². The molecule has 1 saturated heterocycles. The summed E-state index contributed by atoms with van der Waals surface area (Å²) in [5, 5.41) is 2.92. The number of amides is 2. The minimum absolute atomic E-state index is 0.0167. The van der Waals surface area contributed by atoms with Crippen molar-refractivity contribution in [3.63, 3.8) is 0 Å². The number of carbonyl (C=O) groups excluding carboxylic acids is 2.